The molecule has 0 radical (unpaired) electrons. The molecule has 3 aromatic rings. The zero-order chi connectivity index (χ0) is 21.2. The highest BCUT2D eigenvalue weighted by atomic mass is 32.2. The Kier molecular flexibility index (Phi) is 6.11. The number of methoxy groups -OCH3 is 1. The largest absolute Gasteiger partial charge is 0.465 e. The number of carbonyl (C=O) groups excluding carboxylic acids is 1. The van der Waals surface area contributed by atoms with Crippen molar-refractivity contribution in [1.82, 2.24) is 0 Å². The minimum atomic E-state index is -3.79. The second-order valence-electron chi connectivity index (χ2n) is 5.98. The van der Waals surface area contributed by atoms with E-state index in [2.05, 4.69) is 0 Å². The lowest BCUT2D eigenvalue weighted by atomic mass is 10.0. The first-order chi connectivity index (χ1) is 13.8. The third-order valence-corrected chi connectivity index (χ3v) is 8.53. The van der Waals surface area contributed by atoms with Gasteiger partial charge in [0.15, 0.2) is 0 Å². The summed E-state index contributed by atoms with van der Waals surface area (Å²) in [5, 5.41) is 7.59. The first-order valence-corrected chi connectivity index (χ1v) is 11.9. The van der Waals surface area contributed by atoms with E-state index in [1.807, 2.05) is 0 Å². The van der Waals surface area contributed by atoms with Crippen molar-refractivity contribution in [2.75, 3.05) is 13.4 Å². The number of thiophene rings is 1. The summed E-state index contributed by atoms with van der Waals surface area (Å²) in [4.78, 5) is 12.3. The zero-order valence-corrected chi connectivity index (χ0v) is 18.1. The number of thioether (sulfide) groups is 1. The van der Waals surface area contributed by atoms with Gasteiger partial charge in [-0.05, 0) is 47.7 Å². The van der Waals surface area contributed by atoms with Crippen molar-refractivity contribution in [3.05, 3.63) is 65.0 Å². The van der Waals surface area contributed by atoms with E-state index in [0.29, 0.717) is 20.2 Å². The SMILES string of the molecule is COC(=O)c1ccc(-c2cccc(S(=O)(=O)c3cc(C(=N)N)sc3SC)c2)cc1. The molecule has 0 bridgehead atoms. The molecule has 0 atom stereocenters. The summed E-state index contributed by atoms with van der Waals surface area (Å²) < 4.78 is 31.8. The molecular formula is C20H18N2O4S3. The molecule has 150 valence electrons. The molecule has 9 heteroatoms. The number of nitrogens with one attached hydrogen (secondary N) is 1. The fourth-order valence-electron chi connectivity index (χ4n) is 2.71. The van der Waals surface area contributed by atoms with Crippen LogP contribution in [-0.4, -0.2) is 33.6 Å². The highest BCUT2D eigenvalue weighted by Crippen LogP contribution is 2.37. The van der Waals surface area contributed by atoms with E-state index in [9.17, 15) is 13.2 Å². The predicted molar refractivity (Wildman–Crippen MR) is 116 cm³/mol. The van der Waals surface area contributed by atoms with Crippen LogP contribution in [0.4, 0.5) is 0 Å². The van der Waals surface area contributed by atoms with Crippen LogP contribution in [0.2, 0.25) is 0 Å². The third kappa shape index (κ3) is 4.21. The summed E-state index contributed by atoms with van der Waals surface area (Å²) in [6, 6.07) is 14.8. The van der Waals surface area contributed by atoms with Crippen molar-refractivity contribution in [2.24, 2.45) is 5.73 Å². The van der Waals surface area contributed by atoms with Gasteiger partial charge in [0.05, 0.1) is 31.6 Å². The van der Waals surface area contributed by atoms with Crippen LogP contribution in [0.15, 0.2) is 68.6 Å². The van der Waals surface area contributed by atoms with E-state index in [1.165, 1.54) is 42.3 Å². The van der Waals surface area contributed by atoms with E-state index in [0.717, 1.165) is 5.56 Å². The number of sulfone groups is 1. The quantitative estimate of drug-likeness (QED) is 0.256. The van der Waals surface area contributed by atoms with Crippen LogP contribution in [0.25, 0.3) is 11.1 Å². The summed E-state index contributed by atoms with van der Waals surface area (Å²) in [6.07, 6.45) is 1.79. The number of hydrogen-bond donors (Lipinski definition) is 2. The maximum Gasteiger partial charge on any atom is 0.337 e. The van der Waals surface area contributed by atoms with Gasteiger partial charge in [-0.25, -0.2) is 13.2 Å². The molecule has 29 heavy (non-hydrogen) atoms. The Hall–Kier alpha value is -2.62. The summed E-state index contributed by atoms with van der Waals surface area (Å²) in [5.74, 6) is -0.595. The smallest absolute Gasteiger partial charge is 0.337 e. The van der Waals surface area contributed by atoms with Gasteiger partial charge in [-0.3, -0.25) is 5.41 Å². The first kappa shape index (κ1) is 21.1. The minimum Gasteiger partial charge on any atom is -0.465 e. The zero-order valence-electron chi connectivity index (χ0n) is 15.6. The molecule has 1 heterocycles. The lowest BCUT2D eigenvalue weighted by Gasteiger charge is -2.08. The Balaban J connectivity index is 2.03. The van der Waals surface area contributed by atoms with Gasteiger partial charge in [0.25, 0.3) is 0 Å². The van der Waals surface area contributed by atoms with Gasteiger partial charge in [0.1, 0.15) is 5.84 Å². The van der Waals surface area contributed by atoms with Gasteiger partial charge in [-0.1, -0.05) is 24.3 Å². The summed E-state index contributed by atoms with van der Waals surface area (Å²) in [5.41, 5.74) is 7.43. The van der Waals surface area contributed by atoms with Crippen LogP contribution in [0, 0.1) is 5.41 Å². The number of ether oxygens (including phenoxy) is 1. The van der Waals surface area contributed by atoms with Crippen molar-refractivity contribution >= 4 is 44.7 Å². The van der Waals surface area contributed by atoms with Crippen LogP contribution in [0.3, 0.4) is 0 Å². The van der Waals surface area contributed by atoms with Gasteiger partial charge in [0.2, 0.25) is 9.84 Å². The van der Waals surface area contributed by atoms with Crippen LogP contribution in [0.5, 0.6) is 0 Å². The average molecular weight is 447 g/mol. The molecule has 0 spiro atoms. The maximum absolute atomic E-state index is 13.2. The number of benzene rings is 2. The molecule has 0 unspecified atom stereocenters. The van der Waals surface area contributed by atoms with E-state index in [4.69, 9.17) is 15.9 Å². The minimum absolute atomic E-state index is 0.148. The van der Waals surface area contributed by atoms with E-state index >= 15 is 0 Å². The van der Waals surface area contributed by atoms with E-state index in [-0.39, 0.29) is 15.6 Å². The first-order valence-electron chi connectivity index (χ1n) is 8.34. The molecule has 6 nitrogen and oxygen atoms in total. The molecule has 0 aliphatic heterocycles. The highest BCUT2D eigenvalue weighted by Gasteiger charge is 2.25. The molecule has 0 saturated carbocycles. The monoisotopic (exact) mass is 446 g/mol. The Morgan fingerprint density at radius 3 is 2.38 bits per heavy atom. The molecule has 0 saturated heterocycles. The van der Waals surface area contributed by atoms with Crippen molar-refractivity contribution < 1.29 is 17.9 Å². The molecule has 0 amide bonds. The Labute approximate surface area is 177 Å². The number of amidine groups is 1. The Morgan fingerprint density at radius 1 is 1.10 bits per heavy atom. The van der Waals surface area contributed by atoms with Crippen molar-refractivity contribution in [1.29, 1.82) is 5.41 Å². The van der Waals surface area contributed by atoms with Gasteiger partial charge in [0, 0.05) is 0 Å². The Morgan fingerprint density at radius 2 is 1.79 bits per heavy atom. The van der Waals surface area contributed by atoms with Crippen molar-refractivity contribution in [2.45, 2.75) is 14.0 Å². The lowest BCUT2D eigenvalue weighted by molar-refractivity contribution is 0.0600. The highest BCUT2D eigenvalue weighted by molar-refractivity contribution is 8.01. The van der Waals surface area contributed by atoms with Crippen molar-refractivity contribution in [3.63, 3.8) is 0 Å². The average Bonchev–Trinajstić information content (AvgIpc) is 3.19. The number of esters is 1. The molecular weight excluding hydrogens is 428 g/mol. The second-order valence-corrected chi connectivity index (χ2v) is 10.0. The molecule has 0 aliphatic carbocycles. The normalized spacial score (nSPS) is 11.2. The summed E-state index contributed by atoms with van der Waals surface area (Å²) in [6.45, 7) is 0. The second kappa shape index (κ2) is 8.40. The van der Waals surface area contributed by atoms with Crippen LogP contribution >= 0.6 is 23.1 Å². The topological polar surface area (TPSA) is 110 Å². The number of hydrogen-bond acceptors (Lipinski definition) is 7. The predicted octanol–water partition coefficient (Wildman–Crippen LogP) is 4.04. The number of carbonyl (C=O) groups is 1. The van der Waals surface area contributed by atoms with Gasteiger partial charge >= 0.3 is 5.97 Å². The van der Waals surface area contributed by atoms with Gasteiger partial charge < -0.3 is 10.5 Å². The Bertz CT molecular complexity index is 1180. The molecule has 0 fully saturated rings. The van der Waals surface area contributed by atoms with Crippen LogP contribution in [0.1, 0.15) is 15.2 Å². The summed E-state index contributed by atoms with van der Waals surface area (Å²) >= 11 is 2.49. The number of nitrogen functional groups attached to an aromatic ring is 1. The molecule has 1 aromatic heterocycles. The summed E-state index contributed by atoms with van der Waals surface area (Å²) in [7, 11) is -2.47. The van der Waals surface area contributed by atoms with Crippen LogP contribution in [-0.2, 0) is 14.6 Å². The molecule has 3 rings (SSSR count). The number of rotatable bonds is 6. The van der Waals surface area contributed by atoms with Gasteiger partial charge in [-0.15, -0.1) is 23.1 Å². The maximum atomic E-state index is 13.2. The molecule has 2 aromatic carbocycles. The fourth-order valence-corrected chi connectivity index (χ4v) is 6.61. The molecule has 0 aliphatic rings. The fraction of sp³-hybridized carbons (Fsp3) is 0.100. The van der Waals surface area contributed by atoms with Crippen molar-refractivity contribution in [3.8, 4) is 11.1 Å². The standard InChI is InChI=1S/C20H18N2O4S3/c1-26-19(23)13-8-6-12(7-9-13)14-4-3-5-15(10-14)29(24,25)17-11-16(18(21)22)28-20(17)27-2/h3-11H,1-2H3,(H3,21,22). The lowest BCUT2D eigenvalue weighted by Crippen LogP contribution is -2.08. The third-order valence-electron chi connectivity index (χ3n) is 4.19. The van der Waals surface area contributed by atoms with Crippen LogP contribution < -0.4 is 5.73 Å². The molecule has 3 N–H and O–H groups in total. The van der Waals surface area contributed by atoms with E-state index < -0.39 is 15.8 Å². The van der Waals surface area contributed by atoms with E-state index in [1.54, 1.807) is 48.7 Å². The number of nitrogens with two attached hydrogens (primary N) is 1. The van der Waals surface area contributed by atoms with Gasteiger partial charge in [-0.2, -0.15) is 0 Å².